The molecule has 29 heavy (non-hydrogen) atoms. The van der Waals surface area contributed by atoms with Gasteiger partial charge in [0.1, 0.15) is 5.82 Å². The van der Waals surface area contributed by atoms with E-state index in [2.05, 4.69) is 5.32 Å². The van der Waals surface area contributed by atoms with E-state index in [0.29, 0.717) is 19.6 Å². The molecule has 158 valence electrons. The fourth-order valence-corrected chi connectivity index (χ4v) is 4.59. The van der Waals surface area contributed by atoms with Crippen molar-refractivity contribution in [3.05, 3.63) is 65.5 Å². The van der Waals surface area contributed by atoms with Crippen LogP contribution >= 0.6 is 0 Å². The molecule has 2 aromatic carbocycles. The highest BCUT2D eigenvalue weighted by molar-refractivity contribution is 7.89. The molecular weight excluding hydrogens is 393 g/mol. The van der Waals surface area contributed by atoms with Crippen molar-refractivity contribution < 1.29 is 17.6 Å². The fraction of sp³-hybridized carbons (Fsp3) is 0.381. The highest BCUT2D eigenvalue weighted by Gasteiger charge is 2.23. The van der Waals surface area contributed by atoms with Crippen LogP contribution in [-0.2, 0) is 10.0 Å². The summed E-state index contributed by atoms with van der Waals surface area (Å²) in [5.41, 5.74) is 1.14. The van der Waals surface area contributed by atoms with Gasteiger partial charge in [0.15, 0.2) is 0 Å². The molecule has 6 nitrogen and oxygen atoms in total. The third-order valence-corrected chi connectivity index (χ3v) is 6.82. The van der Waals surface area contributed by atoms with Crippen LogP contribution in [0.3, 0.4) is 0 Å². The van der Waals surface area contributed by atoms with Gasteiger partial charge in [0.2, 0.25) is 10.0 Å². The second-order valence-corrected chi connectivity index (χ2v) is 8.80. The predicted molar refractivity (Wildman–Crippen MR) is 112 cm³/mol. The second kappa shape index (κ2) is 9.96. The minimum atomic E-state index is -3.64. The first kappa shape index (κ1) is 23.0. The van der Waals surface area contributed by atoms with Gasteiger partial charge in [-0.2, -0.15) is 4.31 Å². The quantitative estimate of drug-likeness (QED) is 0.676. The van der Waals surface area contributed by atoms with Crippen molar-refractivity contribution in [2.75, 3.05) is 33.7 Å². The summed E-state index contributed by atoms with van der Waals surface area (Å²) in [6.07, 6.45) is 0. The van der Waals surface area contributed by atoms with Gasteiger partial charge in [-0.1, -0.05) is 32.0 Å². The first-order valence-electron chi connectivity index (χ1n) is 9.51. The van der Waals surface area contributed by atoms with E-state index in [4.69, 9.17) is 0 Å². The predicted octanol–water partition coefficient (Wildman–Crippen LogP) is 2.89. The molecule has 2 aromatic rings. The molecule has 0 aromatic heterocycles. The lowest BCUT2D eigenvalue weighted by atomic mass is 10.1. The van der Waals surface area contributed by atoms with Crippen molar-refractivity contribution in [1.29, 1.82) is 0 Å². The fourth-order valence-electron chi connectivity index (χ4n) is 3.09. The van der Waals surface area contributed by atoms with Crippen LogP contribution < -0.4 is 5.32 Å². The maximum Gasteiger partial charge on any atom is 0.251 e. The summed E-state index contributed by atoms with van der Waals surface area (Å²) in [5.74, 6) is -0.683. The number of rotatable bonds is 9. The zero-order valence-corrected chi connectivity index (χ0v) is 18.0. The molecule has 1 amide bonds. The number of halogens is 1. The summed E-state index contributed by atoms with van der Waals surface area (Å²) in [5, 5.41) is 2.85. The molecule has 0 fully saturated rings. The van der Waals surface area contributed by atoms with Gasteiger partial charge in [-0.05, 0) is 50.0 Å². The van der Waals surface area contributed by atoms with E-state index in [9.17, 15) is 17.6 Å². The van der Waals surface area contributed by atoms with Gasteiger partial charge in [-0.3, -0.25) is 4.79 Å². The van der Waals surface area contributed by atoms with Gasteiger partial charge in [0.05, 0.1) is 10.9 Å². The Morgan fingerprint density at radius 1 is 1.07 bits per heavy atom. The minimum absolute atomic E-state index is 0.0940. The Morgan fingerprint density at radius 3 is 2.24 bits per heavy atom. The number of hydrogen-bond donors (Lipinski definition) is 1. The number of benzene rings is 2. The molecule has 1 atom stereocenters. The van der Waals surface area contributed by atoms with Crippen molar-refractivity contribution in [3.63, 3.8) is 0 Å². The Bertz CT molecular complexity index is 926. The first-order chi connectivity index (χ1) is 13.7. The lowest BCUT2D eigenvalue weighted by Gasteiger charge is -2.25. The lowest BCUT2D eigenvalue weighted by molar-refractivity contribution is 0.0941. The van der Waals surface area contributed by atoms with Crippen LogP contribution in [0.25, 0.3) is 0 Å². The number of amides is 1. The first-order valence-corrected chi connectivity index (χ1v) is 10.9. The van der Waals surface area contributed by atoms with Crippen molar-refractivity contribution >= 4 is 15.9 Å². The number of likely N-dealkylation sites (N-methyl/N-ethyl adjacent to an activating group) is 1. The number of nitrogens with one attached hydrogen (secondary N) is 1. The molecule has 8 heteroatoms. The average molecular weight is 422 g/mol. The van der Waals surface area contributed by atoms with Gasteiger partial charge < -0.3 is 10.2 Å². The van der Waals surface area contributed by atoms with E-state index in [-0.39, 0.29) is 28.2 Å². The van der Waals surface area contributed by atoms with Crippen LogP contribution in [0.5, 0.6) is 0 Å². The zero-order valence-electron chi connectivity index (χ0n) is 17.2. The lowest BCUT2D eigenvalue weighted by Crippen LogP contribution is -2.35. The molecule has 0 saturated carbocycles. The van der Waals surface area contributed by atoms with Gasteiger partial charge in [-0.15, -0.1) is 0 Å². The molecular formula is C21H28FN3O3S. The molecule has 0 aliphatic carbocycles. The van der Waals surface area contributed by atoms with E-state index in [1.54, 1.807) is 38.1 Å². The molecule has 1 N–H and O–H groups in total. The van der Waals surface area contributed by atoms with Crippen LogP contribution in [0, 0.1) is 5.82 Å². The SMILES string of the molecule is CCN(CC)S(=O)(=O)c1cccc(C(=O)NCC(c2ccc(F)cc2)N(C)C)c1. The Labute approximate surface area is 172 Å². The maximum atomic E-state index is 13.2. The van der Waals surface area contributed by atoms with E-state index < -0.39 is 10.0 Å². The Hall–Kier alpha value is -2.29. The largest absolute Gasteiger partial charge is 0.350 e. The summed E-state index contributed by atoms with van der Waals surface area (Å²) in [6, 6.07) is 12.0. The highest BCUT2D eigenvalue weighted by Crippen LogP contribution is 2.19. The molecule has 2 rings (SSSR count). The monoisotopic (exact) mass is 421 g/mol. The van der Waals surface area contributed by atoms with Gasteiger partial charge in [0, 0.05) is 25.2 Å². The Kier molecular flexibility index (Phi) is 7.89. The van der Waals surface area contributed by atoms with E-state index >= 15 is 0 Å². The smallest absolute Gasteiger partial charge is 0.251 e. The highest BCUT2D eigenvalue weighted by atomic mass is 32.2. The number of nitrogens with zero attached hydrogens (tertiary/aromatic N) is 2. The number of carbonyl (C=O) groups is 1. The van der Waals surface area contributed by atoms with Gasteiger partial charge in [-0.25, -0.2) is 12.8 Å². The molecule has 0 heterocycles. The molecule has 0 spiro atoms. The molecule has 1 unspecified atom stereocenters. The molecule has 0 radical (unpaired) electrons. The van der Waals surface area contributed by atoms with Crippen molar-refractivity contribution in [1.82, 2.24) is 14.5 Å². The summed E-state index contributed by atoms with van der Waals surface area (Å²) in [7, 11) is 0.106. The van der Waals surface area contributed by atoms with Crippen molar-refractivity contribution in [2.24, 2.45) is 0 Å². The third-order valence-electron chi connectivity index (χ3n) is 4.77. The van der Waals surface area contributed by atoms with Crippen LogP contribution in [0.2, 0.25) is 0 Å². The third kappa shape index (κ3) is 5.62. The van der Waals surface area contributed by atoms with Gasteiger partial charge >= 0.3 is 0 Å². The van der Waals surface area contributed by atoms with E-state index in [1.165, 1.54) is 28.6 Å². The molecule has 0 bridgehead atoms. The summed E-state index contributed by atoms with van der Waals surface area (Å²) < 4.78 is 39.9. The number of sulfonamides is 1. The normalized spacial score (nSPS) is 12.9. The van der Waals surface area contributed by atoms with Crippen LogP contribution in [0.15, 0.2) is 53.4 Å². The molecule has 0 aliphatic heterocycles. The van der Waals surface area contributed by atoms with Gasteiger partial charge in [0.25, 0.3) is 5.91 Å². The van der Waals surface area contributed by atoms with Crippen LogP contribution in [-0.4, -0.2) is 57.3 Å². The van der Waals surface area contributed by atoms with Crippen molar-refractivity contribution in [3.8, 4) is 0 Å². The van der Waals surface area contributed by atoms with Crippen LogP contribution in [0.4, 0.5) is 4.39 Å². The number of hydrogen-bond acceptors (Lipinski definition) is 4. The average Bonchev–Trinajstić information content (AvgIpc) is 2.70. The second-order valence-electron chi connectivity index (χ2n) is 6.86. The van der Waals surface area contributed by atoms with E-state index in [1.807, 2.05) is 19.0 Å². The van der Waals surface area contributed by atoms with Crippen LogP contribution in [0.1, 0.15) is 35.8 Å². The Balaban J connectivity index is 2.17. The maximum absolute atomic E-state index is 13.2. The molecule has 0 aliphatic rings. The standard InChI is InChI=1S/C21H28FN3O3S/c1-5-25(6-2)29(27,28)19-9-7-8-17(14-19)21(26)23-15-20(24(3)4)16-10-12-18(22)13-11-16/h7-14,20H,5-6,15H2,1-4H3,(H,23,26). The minimum Gasteiger partial charge on any atom is -0.350 e. The summed E-state index contributed by atoms with van der Waals surface area (Å²) in [6.45, 7) is 4.56. The van der Waals surface area contributed by atoms with E-state index in [0.717, 1.165) is 5.56 Å². The molecule has 0 saturated heterocycles. The van der Waals surface area contributed by atoms with Crippen molar-refractivity contribution in [2.45, 2.75) is 24.8 Å². The number of carbonyl (C=O) groups excluding carboxylic acids is 1. The zero-order chi connectivity index (χ0) is 21.6. The Morgan fingerprint density at radius 2 is 1.69 bits per heavy atom. The summed E-state index contributed by atoms with van der Waals surface area (Å²) in [4.78, 5) is 14.7. The summed E-state index contributed by atoms with van der Waals surface area (Å²) >= 11 is 0. The topological polar surface area (TPSA) is 69.7 Å².